The van der Waals surface area contributed by atoms with E-state index in [1.165, 1.54) is 0 Å². The third-order valence-corrected chi connectivity index (χ3v) is 5.15. The standard InChI is InChI=1S/C23H24N2O3/c1-27-20-9-5-8-19(16-20)24-12-14-25(15-13-24)23(26)17-28-22-11-4-7-18-6-2-3-10-21(18)22/h2-11,16H,12-15,17H2,1H3. The van der Waals surface area contributed by atoms with E-state index in [4.69, 9.17) is 9.47 Å². The molecule has 0 bridgehead atoms. The van der Waals surface area contributed by atoms with Gasteiger partial charge in [-0.3, -0.25) is 4.79 Å². The average molecular weight is 376 g/mol. The first-order valence-corrected chi connectivity index (χ1v) is 9.52. The summed E-state index contributed by atoms with van der Waals surface area (Å²) in [4.78, 5) is 16.8. The predicted molar refractivity (Wildman–Crippen MR) is 111 cm³/mol. The highest BCUT2D eigenvalue weighted by molar-refractivity contribution is 5.88. The van der Waals surface area contributed by atoms with Crippen LogP contribution in [-0.2, 0) is 4.79 Å². The number of anilines is 1. The predicted octanol–water partition coefficient (Wildman–Crippen LogP) is 3.58. The number of piperazine rings is 1. The molecule has 1 heterocycles. The van der Waals surface area contributed by atoms with Gasteiger partial charge in [0, 0.05) is 43.3 Å². The Hall–Kier alpha value is -3.21. The largest absolute Gasteiger partial charge is 0.497 e. The average Bonchev–Trinajstić information content (AvgIpc) is 2.77. The number of rotatable bonds is 5. The van der Waals surface area contributed by atoms with Crippen LogP contribution in [0.3, 0.4) is 0 Å². The molecule has 1 aliphatic heterocycles. The molecule has 0 aliphatic carbocycles. The molecule has 144 valence electrons. The van der Waals surface area contributed by atoms with E-state index in [0.717, 1.165) is 41.0 Å². The van der Waals surface area contributed by atoms with Gasteiger partial charge in [0.05, 0.1) is 7.11 Å². The van der Waals surface area contributed by atoms with Crippen LogP contribution in [0, 0.1) is 0 Å². The molecule has 0 saturated carbocycles. The summed E-state index contributed by atoms with van der Waals surface area (Å²) in [6.07, 6.45) is 0. The van der Waals surface area contributed by atoms with Gasteiger partial charge in [0.2, 0.25) is 0 Å². The van der Waals surface area contributed by atoms with Crippen molar-refractivity contribution >= 4 is 22.4 Å². The number of benzene rings is 3. The molecular formula is C23H24N2O3. The number of fused-ring (bicyclic) bond motifs is 1. The van der Waals surface area contributed by atoms with Crippen molar-refractivity contribution in [3.8, 4) is 11.5 Å². The Morgan fingerprint density at radius 1 is 0.929 bits per heavy atom. The van der Waals surface area contributed by atoms with Crippen molar-refractivity contribution in [2.45, 2.75) is 0 Å². The molecule has 3 aromatic rings. The summed E-state index contributed by atoms with van der Waals surface area (Å²) in [6, 6.07) is 22.0. The fraction of sp³-hybridized carbons (Fsp3) is 0.261. The number of methoxy groups -OCH3 is 1. The van der Waals surface area contributed by atoms with Gasteiger partial charge in [0.1, 0.15) is 11.5 Å². The van der Waals surface area contributed by atoms with Crippen LogP contribution in [0.5, 0.6) is 11.5 Å². The molecule has 1 amide bonds. The van der Waals surface area contributed by atoms with Crippen molar-refractivity contribution in [2.24, 2.45) is 0 Å². The quantitative estimate of drug-likeness (QED) is 0.683. The van der Waals surface area contributed by atoms with Crippen LogP contribution in [0.15, 0.2) is 66.7 Å². The van der Waals surface area contributed by atoms with E-state index >= 15 is 0 Å². The maximum absolute atomic E-state index is 12.6. The van der Waals surface area contributed by atoms with Gasteiger partial charge < -0.3 is 19.3 Å². The molecule has 3 aromatic carbocycles. The van der Waals surface area contributed by atoms with Crippen LogP contribution in [0.1, 0.15) is 0 Å². The van der Waals surface area contributed by atoms with Crippen molar-refractivity contribution in [2.75, 3.05) is 44.8 Å². The van der Waals surface area contributed by atoms with Gasteiger partial charge in [-0.05, 0) is 23.6 Å². The molecule has 0 atom stereocenters. The highest BCUT2D eigenvalue weighted by Gasteiger charge is 2.22. The minimum atomic E-state index is 0.0261. The molecule has 5 heteroatoms. The summed E-state index contributed by atoms with van der Waals surface area (Å²) in [5.74, 6) is 1.62. The van der Waals surface area contributed by atoms with Gasteiger partial charge in [0.25, 0.3) is 5.91 Å². The van der Waals surface area contributed by atoms with E-state index < -0.39 is 0 Å². The normalized spacial score (nSPS) is 14.2. The smallest absolute Gasteiger partial charge is 0.260 e. The van der Waals surface area contributed by atoms with Gasteiger partial charge in [-0.25, -0.2) is 0 Å². The van der Waals surface area contributed by atoms with Gasteiger partial charge in [0.15, 0.2) is 6.61 Å². The van der Waals surface area contributed by atoms with Crippen molar-refractivity contribution in [1.82, 2.24) is 4.90 Å². The SMILES string of the molecule is COc1cccc(N2CCN(C(=O)COc3cccc4ccccc34)CC2)c1. The molecular weight excluding hydrogens is 352 g/mol. The zero-order valence-electron chi connectivity index (χ0n) is 16.0. The molecule has 1 saturated heterocycles. The zero-order chi connectivity index (χ0) is 19.3. The topological polar surface area (TPSA) is 42.0 Å². The molecule has 0 N–H and O–H groups in total. The van der Waals surface area contributed by atoms with Crippen LogP contribution in [0.4, 0.5) is 5.69 Å². The van der Waals surface area contributed by atoms with Gasteiger partial charge in [-0.15, -0.1) is 0 Å². The lowest BCUT2D eigenvalue weighted by molar-refractivity contribution is -0.133. The molecule has 1 aliphatic rings. The summed E-state index contributed by atoms with van der Waals surface area (Å²) in [5.41, 5.74) is 1.12. The molecule has 0 radical (unpaired) electrons. The number of nitrogens with zero attached hydrogens (tertiary/aromatic N) is 2. The first kappa shape index (κ1) is 18.2. The van der Waals surface area contributed by atoms with E-state index in [-0.39, 0.29) is 12.5 Å². The molecule has 0 unspecified atom stereocenters. The Morgan fingerprint density at radius 2 is 1.68 bits per heavy atom. The second-order valence-electron chi connectivity index (χ2n) is 6.84. The number of hydrogen-bond acceptors (Lipinski definition) is 4. The van der Waals surface area contributed by atoms with Crippen LogP contribution >= 0.6 is 0 Å². The monoisotopic (exact) mass is 376 g/mol. The summed E-state index contributed by atoms with van der Waals surface area (Å²) in [6.45, 7) is 3.04. The Balaban J connectivity index is 1.34. The third kappa shape index (κ3) is 3.88. The number of carbonyl (C=O) groups excluding carboxylic acids is 1. The van der Waals surface area contributed by atoms with Crippen molar-refractivity contribution in [1.29, 1.82) is 0 Å². The first-order valence-electron chi connectivity index (χ1n) is 9.52. The minimum Gasteiger partial charge on any atom is -0.497 e. The van der Waals surface area contributed by atoms with Crippen molar-refractivity contribution in [3.05, 3.63) is 66.7 Å². The number of amides is 1. The molecule has 0 spiro atoms. The van der Waals surface area contributed by atoms with Crippen molar-refractivity contribution < 1.29 is 14.3 Å². The van der Waals surface area contributed by atoms with Gasteiger partial charge >= 0.3 is 0 Å². The third-order valence-electron chi connectivity index (χ3n) is 5.15. The highest BCUT2D eigenvalue weighted by Crippen LogP contribution is 2.25. The van der Waals surface area contributed by atoms with Crippen molar-refractivity contribution in [3.63, 3.8) is 0 Å². The van der Waals surface area contributed by atoms with E-state index in [9.17, 15) is 4.79 Å². The van der Waals surface area contributed by atoms with Crippen LogP contribution < -0.4 is 14.4 Å². The second kappa shape index (κ2) is 8.21. The van der Waals surface area contributed by atoms with E-state index in [0.29, 0.717) is 13.1 Å². The van der Waals surface area contributed by atoms with E-state index in [1.54, 1.807) is 7.11 Å². The Labute approximate surface area is 165 Å². The van der Waals surface area contributed by atoms with Gasteiger partial charge in [-0.1, -0.05) is 42.5 Å². The summed E-state index contributed by atoms with van der Waals surface area (Å²) >= 11 is 0. The maximum atomic E-state index is 12.6. The lowest BCUT2D eigenvalue weighted by Gasteiger charge is -2.36. The summed E-state index contributed by atoms with van der Waals surface area (Å²) in [7, 11) is 1.67. The minimum absolute atomic E-state index is 0.0261. The number of hydrogen-bond donors (Lipinski definition) is 0. The van der Waals surface area contributed by atoms with Crippen LogP contribution in [0.25, 0.3) is 10.8 Å². The van der Waals surface area contributed by atoms with Gasteiger partial charge in [-0.2, -0.15) is 0 Å². The zero-order valence-corrected chi connectivity index (χ0v) is 16.0. The van der Waals surface area contributed by atoms with E-state index in [1.807, 2.05) is 65.6 Å². The van der Waals surface area contributed by atoms with Crippen LogP contribution in [0.2, 0.25) is 0 Å². The number of ether oxygens (including phenoxy) is 2. The lowest BCUT2D eigenvalue weighted by atomic mass is 10.1. The Bertz CT molecular complexity index is 959. The van der Waals surface area contributed by atoms with Crippen LogP contribution in [-0.4, -0.2) is 50.7 Å². The molecule has 0 aromatic heterocycles. The Morgan fingerprint density at radius 3 is 2.50 bits per heavy atom. The molecule has 28 heavy (non-hydrogen) atoms. The summed E-state index contributed by atoms with van der Waals surface area (Å²) < 4.78 is 11.2. The first-order chi connectivity index (χ1) is 13.7. The number of carbonyl (C=O) groups is 1. The van der Waals surface area contributed by atoms with E-state index in [2.05, 4.69) is 11.0 Å². The molecule has 1 fully saturated rings. The Kier molecular flexibility index (Phi) is 5.33. The fourth-order valence-corrected chi connectivity index (χ4v) is 3.57. The maximum Gasteiger partial charge on any atom is 0.260 e. The second-order valence-corrected chi connectivity index (χ2v) is 6.84. The summed E-state index contributed by atoms with van der Waals surface area (Å²) in [5, 5.41) is 2.14. The highest BCUT2D eigenvalue weighted by atomic mass is 16.5. The fourth-order valence-electron chi connectivity index (χ4n) is 3.57. The molecule has 4 rings (SSSR count). The molecule has 5 nitrogen and oxygen atoms in total. The lowest BCUT2D eigenvalue weighted by Crippen LogP contribution is -2.50.